The van der Waals surface area contributed by atoms with Crippen LogP contribution in [0.3, 0.4) is 0 Å². The van der Waals surface area contributed by atoms with Crippen molar-refractivity contribution in [1.82, 2.24) is 0 Å². The van der Waals surface area contributed by atoms with E-state index in [-0.39, 0.29) is 17.3 Å². The van der Waals surface area contributed by atoms with Crippen molar-refractivity contribution in [2.75, 3.05) is 6.26 Å². The van der Waals surface area contributed by atoms with Crippen LogP contribution in [-0.2, 0) is 16.0 Å². The number of thioether (sulfide) groups is 2. The van der Waals surface area contributed by atoms with E-state index >= 15 is 0 Å². The van der Waals surface area contributed by atoms with Crippen molar-refractivity contribution >= 4 is 56.8 Å². The topological polar surface area (TPSA) is 51.2 Å². The second-order valence-corrected chi connectivity index (χ2v) is 8.85. The molecule has 1 heterocycles. The highest BCUT2D eigenvalue weighted by Gasteiger charge is 2.38. The van der Waals surface area contributed by atoms with Gasteiger partial charge in [0.15, 0.2) is 17.3 Å². The van der Waals surface area contributed by atoms with E-state index in [1.807, 2.05) is 6.07 Å². The highest BCUT2D eigenvalue weighted by atomic mass is 79.9. The predicted octanol–water partition coefficient (Wildman–Crippen LogP) is 3.91. The van der Waals surface area contributed by atoms with Gasteiger partial charge in [0.25, 0.3) is 0 Å². The van der Waals surface area contributed by atoms with Gasteiger partial charge in [0, 0.05) is 27.8 Å². The van der Waals surface area contributed by atoms with Crippen LogP contribution in [0, 0.1) is 5.92 Å². The number of benzene rings is 1. The fourth-order valence-corrected chi connectivity index (χ4v) is 5.80. The summed E-state index contributed by atoms with van der Waals surface area (Å²) < 4.78 is 1.21. The number of ketones is 3. The lowest BCUT2D eigenvalue weighted by molar-refractivity contribution is -0.133. The number of Topliss-reactive ketones (excluding diaryl/α,β-unsaturated/α-hetero) is 3. The van der Waals surface area contributed by atoms with Crippen LogP contribution in [0.1, 0.15) is 35.2 Å². The Balaban J connectivity index is 1.95. The fraction of sp³-hybridized carbons (Fsp3) is 0.438. The van der Waals surface area contributed by atoms with E-state index in [2.05, 4.69) is 22.2 Å². The van der Waals surface area contributed by atoms with E-state index in [1.165, 1.54) is 4.90 Å². The second kappa shape index (κ2) is 6.49. The van der Waals surface area contributed by atoms with E-state index in [9.17, 15) is 14.4 Å². The molecule has 3 rings (SSSR count). The van der Waals surface area contributed by atoms with Crippen LogP contribution in [0.4, 0.5) is 0 Å². The molecule has 1 atom stereocenters. The molecular weight excluding hydrogens is 384 g/mol. The van der Waals surface area contributed by atoms with Crippen molar-refractivity contribution in [2.24, 2.45) is 5.92 Å². The minimum Gasteiger partial charge on any atom is -0.298 e. The Morgan fingerprint density at radius 3 is 2.59 bits per heavy atom. The maximum atomic E-state index is 12.7. The zero-order valence-electron chi connectivity index (χ0n) is 12.1. The molecule has 0 bridgehead atoms. The molecule has 1 saturated carbocycles. The summed E-state index contributed by atoms with van der Waals surface area (Å²) in [7, 11) is 0. The van der Waals surface area contributed by atoms with Gasteiger partial charge in [-0.3, -0.25) is 14.4 Å². The molecule has 6 heteroatoms. The monoisotopic (exact) mass is 398 g/mol. The lowest BCUT2D eigenvalue weighted by atomic mass is 9.81. The molecule has 3 nitrogen and oxygen atoms in total. The Morgan fingerprint density at radius 2 is 1.95 bits per heavy atom. The van der Waals surface area contributed by atoms with Gasteiger partial charge in [-0.05, 0) is 52.7 Å². The molecule has 0 radical (unpaired) electrons. The predicted molar refractivity (Wildman–Crippen MR) is 92.7 cm³/mol. The Morgan fingerprint density at radius 1 is 1.27 bits per heavy atom. The van der Waals surface area contributed by atoms with Gasteiger partial charge in [-0.15, -0.1) is 11.8 Å². The third kappa shape index (κ3) is 2.81. The number of carbonyl (C=O) groups is 3. The molecule has 1 aromatic rings. The van der Waals surface area contributed by atoms with E-state index < -0.39 is 5.92 Å². The molecule has 0 saturated heterocycles. The highest BCUT2D eigenvalue weighted by molar-refractivity contribution is 9.10. The Labute approximate surface area is 146 Å². The normalized spacial score (nSPS) is 22.0. The number of hydrogen-bond donors (Lipinski definition) is 0. The van der Waals surface area contributed by atoms with Crippen LogP contribution in [0.15, 0.2) is 21.5 Å². The molecule has 0 aromatic heterocycles. The lowest BCUT2D eigenvalue weighted by Crippen LogP contribution is -2.35. The van der Waals surface area contributed by atoms with E-state index in [1.54, 1.807) is 29.6 Å². The summed E-state index contributed by atoms with van der Waals surface area (Å²) >= 11 is 7.12. The fourth-order valence-electron chi connectivity index (χ4n) is 2.93. The number of halogens is 1. The average molecular weight is 399 g/mol. The summed E-state index contributed by atoms with van der Waals surface area (Å²) in [5.41, 5.74) is 1.58. The smallest absolute Gasteiger partial charge is 0.181 e. The number of rotatable bonds is 3. The minimum atomic E-state index is -1.09. The van der Waals surface area contributed by atoms with Gasteiger partial charge in [0.05, 0.1) is 4.58 Å². The standard InChI is InChI=1S/C16H15BrO3S2/c1-21-13-7-9-12(22-13)6-5-8(15(9)17)16(20)14-10(18)3-2-4-11(14)19/h5-6,13-14H,2-4,7H2,1H3. The zero-order valence-corrected chi connectivity index (χ0v) is 15.3. The molecule has 2 aliphatic rings. The van der Waals surface area contributed by atoms with Crippen LogP contribution < -0.4 is 0 Å². The summed E-state index contributed by atoms with van der Waals surface area (Å²) in [6.07, 6.45) is 4.18. The molecule has 1 aliphatic heterocycles. The first-order valence-electron chi connectivity index (χ1n) is 7.13. The molecule has 0 amide bonds. The van der Waals surface area contributed by atoms with Gasteiger partial charge in [-0.25, -0.2) is 0 Å². The van der Waals surface area contributed by atoms with Crippen molar-refractivity contribution in [3.8, 4) is 0 Å². The molecule has 1 fully saturated rings. The van der Waals surface area contributed by atoms with Gasteiger partial charge in [0.2, 0.25) is 0 Å². The van der Waals surface area contributed by atoms with E-state index in [0.717, 1.165) is 16.5 Å². The van der Waals surface area contributed by atoms with Gasteiger partial charge >= 0.3 is 0 Å². The van der Waals surface area contributed by atoms with Gasteiger partial charge in [0.1, 0.15) is 5.92 Å². The van der Waals surface area contributed by atoms with Crippen molar-refractivity contribution in [3.05, 3.63) is 27.7 Å². The van der Waals surface area contributed by atoms with E-state index in [4.69, 9.17) is 0 Å². The second-order valence-electron chi connectivity index (χ2n) is 5.47. The first-order chi connectivity index (χ1) is 10.5. The molecule has 1 aliphatic carbocycles. The van der Waals surface area contributed by atoms with Gasteiger partial charge in [-0.2, -0.15) is 11.8 Å². The minimum absolute atomic E-state index is 0.231. The molecular formula is C16H15BrO3S2. The van der Waals surface area contributed by atoms with Crippen LogP contribution in [-0.4, -0.2) is 28.2 Å². The first kappa shape index (κ1) is 16.3. The summed E-state index contributed by atoms with van der Waals surface area (Å²) in [6, 6.07) is 3.68. The summed E-state index contributed by atoms with van der Waals surface area (Å²) in [6.45, 7) is 0. The van der Waals surface area contributed by atoms with Crippen molar-refractivity contribution in [1.29, 1.82) is 0 Å². The quantitative estimate of drug-likeness (QED) is 0.570. The SMILES string of the molecule is CSC1Cc2c(ccc(C(=O)C3C(=O)CCCC3=O)c2Br)S1. The molecule has 22 heavy (non-hydrogen) atoms. The van der Waals surface area contributed by atoms with Crippen LogP contribution in [0.25, 0.3) is 0 Å². The maximum Gasteiger partial charge on any atom is 0.181 e. The third-order valence-electron chi connectivity index (χ3n) is 4.11. The zero-order chi connectivity index (χ0) is 15.9. The van der Waals surface area contributed by atoms with E-state index in [0.29, 0.717) is 29.4 Å². The highest BCUT2D eigenvalue weighted by Crippen LogP contribution is 2.45. The molecule has 0 spiro atoms. The van der Waals surface area contributed by atoms with Gasteiger partial charge in [-0.1, -0.05) is 0 Å². The molecule has 116 valence electrons. The molecule has 1 aromatic carbocycles. The lowest BCUT2D eigenvalue weighted by Gasteiger charge is -2.19. The van der Waals surface area contributed by atoms with Crippen LogP contribution >= 0.6 is 39.5 Å². The van der Waals surface area contributed by atoms with Crippen molar-refractivity contribution in [3.63, 3.8) is 0 Å². The number of hydrogen-bond acceptors (Lipinski definition) is 5. The summed E-state index contributed by atoms with van der Waals surface area (Å²) in [5, 5.41) is 0. The summed E-state index contributed by atoms with van der Waals surface area (Å²) in [5.74, 6) is -1.90. The molecule has 0 N–H and O–H groups in total. The largest absolute Gasteiger partial charge is 0.298 e. The number of carbonyl (C=O) groups excluding carboxylic acids is 3. The third-order valence-corrected chi connectivity index (χ3v) is 7.64. The Hall–Kier alpha value is -0.590. The van der Waals surface area contributed by atoms with Crippen molar-refractivity contribution in [2.45, 2.75) is 35.2 Å². The van der Waals surface area contributed by atoms with Crippen LogP contribution in [0.2, 0.25) is 0 Å². The maximum absolute atomic E-state index is 12.7. The Bertz CT molecular complexity index is 656. The Kier molecular flexibility index (Phi) is 4.80. The number of fused-ring (bicyclic) bond motifs is 1. The summed E-state index contributed by atoms with van der Waals surface area (Å²) in [4.78, 5) is 37.9. The average Bonchev–Trinajstić information content (AvgIpc) is 2.91. The molecule has 1 unspecified atom stereocenters. The van der Waals surface area contributed by atoms with Crippen LogP contribution in [0.5, 0.6) is 0 Å². The first-order valence-corrected chi connectivity index (χ1v) is 10.1. The van der Waals surface area contributed by atoms with Crippen molar-refractivity contribution < 1.29 is 14.4 Å². The van der Waals surface area contributed by atoms with Gasteiger partial charge < -0.3 is 0 Å².